The van der Waals surface area contributed by atoms with Gasteiger partial charge in [0.25, 0.3) is 5.91 Å². The molecule has 1 atom stereocenters. The number of ether oxygens (including phenoxy) is 2. The topological polar surface area (TPSA) is 69.6 Å². The summed E-state index contributed by atoms with van der Waals surface area (Å²) in [7, 11) is 0. The van der Waals surface area contributed by atoms with Crippen molar-refractivity contribution in [3.8, 4) is 5.75 Å². The highest BCUT2D eigenvalue weighted by Crippen LogP contribution is 2.24. The number of esters is 1. The number of amides is 1. The zero-order valence-corrected chi connectivity index (χ0v) is 18.3. The molecular weight excluding hydrogens is 392 g/mol. The molecule has 1 heterocycles. The van der Waals surface area contributed by atoms with E-state index in [0.717, 1.165) is 17.0 Å². The molecule has 6 nitrogen and oxygen atoms in total. The number of nitrogens with one attached hydrogen (secondary N) is 1. The maximum absolute atomic E-state index is 12.8. The number of para-hydroxylation sites is 2. The Hall–Kier alpha value is -3.54. The van der Waals surface area contributed by atoms with Crippen LogP contribution in [0.1, 0.15) is 41.2 Å². The lowest BCUT2D eigenvalue weighted by molar-refractivity contribution is -0.123. The van der Waals surface area contributed by atoms with Crippen LogP contribution in [0.5, 0.6) is 5.75 Å². The minimum absolute atomic E-state index is 0.418. The SMILES string of the molecule is CCOc1ccccc1NC(=O)[C@@H](C)OC(=O)c1cc(C)n(Cc2ccccc2)c1C. The first kappa shape index (κ1) is 22.2. The van der Waals surface area contributed by atoms with Crippen molar-refractivity contribution in [3.05, 3.63) is 83.2 Å². The summed E-state index contributed by atoms with van der Waals surface area (Å²) >= 11 is 0. The van der Waals surface area contributed by atoms with Gasteiger partial charge in [0.15, 0.2) is 6.10 Å². The molecule has 0 spiro atoms. The summed E-state index contributed by atoms with van der Waals surface area (Å²) in [6, 6.07) is 19.0. The zero-order valence-electron chi connectivity index (χ0n) is 18.3. The Morgan fingerprint density at radius 1 is 1.03 bits per heavy atom. The summed E-state index contributed by atoms with van der Waals surface area (Å²) in [5, 5.41) is 2.77. The molecule has 0 fully saturated rings. The van der Waals surface area contributed by atoms with Crippen LogP contribution in [0.15, 0.2) is 60.7 Å². The average molecular weight is 421 g/mol. The zero-order chi connectivity index (χ0) is 22.4. The highest BCUT2D eigenvalue weighted by molar-refractivity contribution is 5.98. The number of nitrogens with zero attached hydrogens (tertiary/aromatic N) is 1. The molecular formula is C25H28N2O4. The van der Waals surface area contributed by atoms with Crippen LogP contribution in [0.3, 0.4) is 0 Å². The molecule has 3 rings (SSSR count). The Balaban J connectivity index is 1.68. The fraction of sp³-hybridized carbons (Fsp3) is 0.280. The lowest BCUT2D eigenvalue weighted by atomic mass is 10.2. The summed E-state index contributed by atoms with van der Waals surface area (Å²) in [6.45, 7) is 8.41. The van der Waals surface area contributed by atoms with Crippen molar-refractivity contribution in [2.75, 3.05) is 11.9 Å². The third-order valence-corrected chi connectivity index (χ3v) is 5.07. The predicted octanol–water partition coefficient (Wildman–Crippen LogP) is 4.74. The highest BCUT2D eigenvalue weighted by Gasteiger charge is 2.23. The molecule has 1 aromatic heterocycles. The van der Waals surface area contributed by atoms with Gasteiger partial charge < -0.3 is 19.4 Å². The van der Waals surface area contributed by atoms with E-state index < -0.39 is 18.0 Å². The van der Waals surface area contributed by atoms with Crippen molar-refractivity contribution >= 4 is 17.6 Å². The van der Waals surface area contributed by atoms with Crippen molar-refractivity contribution in [1.82, 2.24) is 4.57 Å². The molecule has 1 amide bonds. The minimum Gasteiger partial charge on any atom is -0.492 e. The van der Waals surface area contributed by atoms with E-state index in [0.29, 0.717) is 30.2 Å². The molecule has 162 valence electrons. The molecule has 0 saturated carbocycles. The molecule has 3 aromatic rings. The quantitative estimate of drug-likeness (QED) is 0.535. The monoisotopic (exact) mass is 420 g/mol. The number of hydrogen-bond donors (Lipinski definition) is 1. The maximum atomic E-state index is 12.8. The third-order valence-electron chi connectivity index (χ3n) is 5.07. The van der Waals surface area contributed by atoms with E-state index in [1.807, 2.05) is 57.2 Å². The molecule has 0 unspecified atom stereocenters. The van der Waals surface area contributed by atoms with Crippen LogP contribution in [0, 0.1) is 13.8 Å². The van der Waals surface area contributed by atoms with Crippen LogP contribution in [-0.2, 0) is 16.1 Å². The van der Waals surface area contributed by atoms with Crippen molar-refractivity contribution in [1.29, 1.82) is 0 Å². The molecule has 0 aliphatic heterocycles. The third kappa shape index (κ3) is 5.34. The lowest BCUT2D eigenvalue weighted by Gasteiger charge is -2.16. The van der Waals surface area contributed by atoms with Crippen molar-refractivity contribution < 1.29 is 19.1 Å². The Morgan fingerprint density at radius 3 is 2.42 bits per heavy atom. The Labute approximate surface area is 182 Å². The fourth-order valence-corrected chi connectivity index (χ4v) is 3.38. The molecule has 6 heteroatoms. The largest absolute Gasteiger partial charge is 0.492 e. The molecule has 31 heavy (non-hydrogen) atoms. The van der Waals surface area contributed by atoms with Gasteiger partial charge in [-0.25, -0.2) is 4.79 Å². The summed E-state index contributed by atoms with van der Waals surface area (Å²) in [5.41, 5.74) is 3.91. The first-order chi connectivity index (χ1) is 14.9. The van der Waals surface area contributed by atoms with Gasteiger partial charge in [-0.3, -0.25) is 4.79 Å². The fourth-order valence-electron chi connectivity index (χ4n) is 3.38. The van der Waals surface area contributed by atoms with Gasteiger partial charge in [0, 0.05) is 17.9 Å². The number of aryl methyl sites for hydroxylation is 1. The molecule has 0 saturated heterocycles. The highest BCUT2D eigenvalue weighted by atomic mass is 16.5. The molecule has 0 bridgehead atoms. The first-order valence-corrected chi connectivity index (χ1v) is 10.3. The average Bonchev–Trinajstić information content (AvgIpc) is 3.04. The minimum atomic E-state index is -0.959. The standard InChI is InChI=1S/C25H28N2O4/c1-5-30-23-14-10-9-13-22(23)26-24(28)19(4)31-25(29)21-15-17(2)27(18(21)3)16-20-11-7-6-8-12-20/h6-15,19H,5,16H2,1-4H3,(H,26,28)/t19-/m1/s1. The summed E-state index contributed by atoms with van der Waals surface area (Å²) in [4.78, 5) is 25.4. The summed E-state index contributed by atoms with van der Waals surface area (Å²) in [6.07, 6.45) is -0.959. The first-order valence-electron chi connectivity index (χ1n) is 10.3. The molecule has 0 aliphatic rings. The lowest BCUT2D eigenvalue weighted by Crippen LogP contribution is -2.30. The number of anilines is 1. The number of hydrogen-bond acceptors (Lipinski definition) is 4. The van der Waals surface area contributed by atoms with Gasteiger partial charge in [-0.05, 0) is 51.5 Å². The van der Waals surface area contributed by atoms with Gasteiger partial charge in [0.2, 0.25) is 0 Å². The van der Waals surface area contributed by atoms with Gasteiger partial charge in [0.05, 0.1) is 17.9 Å². The molecule has 2 aromatic carbocycles. The van der Waals surface area contributed by atoms with Crippen molar-refractivity contribution in [2.24, 2.45) is 0 Å². The smallest absolute Gasteiger partial charge is 0.340 e. The van der Waals surface area contributed by atoms with E-state index in [-0.39, 0.29) is 0 Å². The van der Waals surface area contributed by atoms with Crippen LogP contribution in [0.25, 0.3) is 0 Å². The van der Waals surface area contributed by atoms with E-state index in [9.17, 15) is 9.59 Å². The Bertz CT molecular complexity index is 1060. The molecule has 0 aliphatic carbocycles. The van der Waals surface area contributed by atoms with Crippen molar-refractivity contribution in [2.45, 2.75) is 40.3 Å². The van der Waals surface area contributed by atoms with E-state index >= 15 is 0 Å². The molecule has 0 radical (unpaired) electrons. The van der Waals surface area contributed by atoms with Crippen LogP contribution in [0.2, 0.25) is 0 Å². The number of benzene rings is 2. The van der Waals surface area contributed by atoms with Crippen LogP contribution in [-0.4, -0.2) is 29.2 Å². The number of carbonyl (C=O) groups is 2. The predicted molar refractivity (Wildman–Crippen MR) is 121 cm³/mol. The van der Waals surface area contributed by atoms with Crippen LogP contribution >= 0.6 is 0 Å². The van der Waals surface area contributed by atoms with E-state index in [4.69, 9.17) is 9.47 Å². The summed E-state index contributed by atoms with van der Waals surface area (Å²) in [5.74, 6) is -0.368. The number of aromatic nitrogens is 1. The second kappa shape index (κ2) is 9.98. The summed E-state index contributed by atoms with van der Waals surface area (Å²) < 4.78 is 13.1. The second-order valence-corrected chi connectivity index (χ2v) is 7.32. The van der Waals surface area contributed by atoms with E-state index in [1.54, 1.807) is 31.2 Å². The Kier molecular flexibility index (Phi) is 7.13. The van der Waals surface area contributed by atoms with Gasteiger partial charge in [-0.1, -0.05) is 42.5 Å². The van der Waals surface area contributed by atoms with E-state index in [1.165, 1.54) is 0 Å². The van der Waals surface area contributed by atoms with Gasteiger partial charge in [-0.15, -0.1) is 0 Å². The van der Waals surface area contributed by atoms with E-state index in [2.05, 4.69) is 9.88 Å². The maximum Gasteiger partial charge on any atom is 0.340 e. The van der Waals surface area contributed by atoms with Crippen molar-refractivity contribution in [3.63, 3.8) is 0 Å². The van der Waals surface area contributed by atoms with Crippen LogP contribution < -0.4 is 10.1 Å². The second-order valence-electron chi connectivity index (χ2n) is 7.32. The van der Waals surface area contributed by atoms with Gasteiger partial charge >= 0.3 is 5.97 Å². The normalized spacial score (nSPS) is 11.6. The Morgan fingerprint density at radius 2 is 1.71 bits per heavy atom. The molecule has 1 N–H and O–H groups in total. The number of rotatable bonds is 8. The van der Waals surface area contributed by atoms with Gasteiger partial charge in [-0.2, -0.15) is 0 Å². The van der Waals surface area contributed by atoms with Gasteiger partial charge in [0.1, 0.15) is 5.75 Å². The number of carbonyl (C=O) groups excluding carboxylic acids is 2. The van der Waals surface area contributed by atoms with Crippen LogP contribution in [0.4, 0.5) is 5.69 Å².